The summed E-state index contributed by atoms with van der Waals surface area (Å²) in [5.41, 5.74) is 5.55. The Labute approximate surface area is 148 Å². The van der Waals surface area contributed by atoms with Crippen molar-refractivity contribution in [1.82, 2.24) is 5.32 Å². The summed E-state index contributed by atoms with van der Waals surface area (Å²) in [5.74, 6) is -3.13. The van der Waals surface area contributed by atoms with Gasteiger partial charge in [0.1, 0.15) is 6.04 Å². The number of benzene rings is 1. The molecule has 0 aromatic heterocycles. The molecule has 0 bridgehead atoms. The molecule has 1 aromatic carbocycles. The van der Waals surface area contributed by atoms with Crippen LogP contribution in [0.2, 0.25) is 0 Å². The maximum atomic E-state index is 14.1. The highest BCUT2D eigenvalue weighted by Crippen LogP contribution is 2.43. The molecule has 1 fully saturated rings. The lowest BCUT2D eigenvalue weighted by molar-refractivity contribution is -0.168. The summed E-state index contributed by atoms with van der Waals surface area (Å²) in [6, 6.07) is 6.32. The van der Waals surface area contributed by atoms with Gasteiger partial charge in [-0.05, 0) is 18.1 Å². The van der Waals surface area contributed by atoms with Crippen molar-refractivity contribution in [2.24, 2.45) is 11.7 Å². The van der Waals surface area contributed by atoms with Crippen LogP contribution in [0.15, 0.2) is 24.3 Å². The van der Waals surface area contributed by atoms with E-state index in [0.29, 0.717) is 5.69 Å². The van der Waals surface area contributed by atoms with E-state index in [1.807, 2.05) is 6.07 Å². The molecule has 3 rings (SSSR count). The zero-order valence-corrected chi connectivity index (χ0v) is 13.9. The van der Waals surface area contributed by atoms with Crippen LogP contribution in [0.4, 0.5) is 10.1 Å². The number of aliphatic hydroxyl groups is 1. The van der Waals surface area contributed by atoms with Gasteiger partial charge in [0.25, 0.3) is 0 Å². The monoisotopic (exact) mass is 365 g/mol. The van der Waals surface area contributed by atoms with E-state index in [0.717, 1.165) is 5.56 Å². The third-order valence-electron chi connectivity index (χ3n) is 4.91. The lowest BCUT2D eigenvalue weighted by Gasteiger charge is -2.21. The predicted octanol–water partition coefficient (Wildman–Crippen LogP) is -0.439. The van der Waals surface area contributed by atoms with Crippen molar-refractivity contribution in [3.8, 4) is 0 Å². The maximum Gasteiger partial charge on any atom is 0.325 e. The highest BCUT2D eigenvalue weighted by molar-refractivity contribution is 6.07. The van der Waals surface area contributed by atoms with Gasteiger partial charge >= 0.3 is 5.97 Å². The molecule has 140 valence electrons. The van der Waals surface area contributed by atoms with Crippen molar-refractivity contribution in [3.05, 3.63) is 29.8 Å². The Morgan fingerprint density at radius 3 is 2.85 bits per heavy atom. The molecule has 2 amide bonds. The van der Waals surface area contributed by atoms with Gasteiger partial charge in [0, 0.05) is 18.7 Å². The van der Waals surface area contributed by atoms with E-state index in [1.165, 1.54) is 0 Å². The third kappa shape index (κ3) is 3.15. The summed E-state index contributed by atoms with van der Waals surface area (Å²) in [6.45, 7) is -0.466. The maximum absolute atomic E-state index is 14.1. The number of hydrogen-bond donors (Lipinski definition) is 4. The Morgan fingerprint density at radius 2 is 2.15 bits per heavy atom. The molecule has 4 atom stereocenters. The smallest absolute Gasteiger partial charge is 0.325 e. The Hall–Kier alpha value is -2.52. The molecule has 1 spiro atoms. The minimum absolute atomic E-state index is 0.126. The summed E-state index contributed by atoms with van der Waals surface area (Å²) >= 11 is 0. The van der Waals surface area contributed by atoms with Crippen LogP contribution in [0.25, 0.3) is 0 Å². The molecule has 8 nitrogen and oxygen atoms in total. The van der Waals surface area contributed by atoms with Crippen LogP contribution in [0.5, 0.6) is 0 Å². The van der Waals surface area contributed by atoms with Crippen LogP contribution < -0.4 is 16.4 Å². The average Bonchev–Trinajstić information content (AvgIpc) is 3.16. The van der Waals surface area contributed by atoms with Crippen molar-refractivity contribution < 1.29 is 28.6 Å². The summed E-state index contributed by atoms with van der Waals surface area (Å²) in [4.78, 5) is 35.6. The predicted molar refractivity (Wildman–Crippen MR) is 88.5 cm³/mol. The summed E-state index contributed by atoms with van der Waals surface area (Å²) in [7, 11) is 0. The number of amides is 2. The average molecular weight is 365 g/mol. The first-order chi connectivity index (χ1) is 12.4. The lowest BCUT2D eigenvalue weighted by Crippen LogP contribution is -2.37. The fourth-order valence-electron chi connectivity index (χ4n) is 3.50. The number of fused-ring (bicyclic) bond motifs is 2. The van der Waals surface area contributed by atoms with Crippen molar-refractivity contribution in [2.75, 3.05) is 18.5 Å². The number of para-hydroxylation sites is 1. The third-order valence-corrected chi connectivity index (χ3v) is 4.91. The lowest BCUT2D eigenvalue weighted by atomic mass is 9.79. The van der Waals surface area contributed by atoms with Gasteiger partial charge in [-0.25, -0.2) is 4.39 Å². The van der Waals surface area contributed by atoms with E-state index < -0.39 is 48.6 Å². The van der Waals surface area contributed by atoms with E-state index in [4.69, 9.17) is 15.6 Å². The Morgan fingerprint density at radius 1 is 1.42 bits per heavy atom. The normalized spacial score (nSPS) is 26.2. The molecular weight excluding hydrogens is 345 g/mol. The first-order valence-electron chi connectivity index (χ1n) is 8.25. The second kappa shape index (κ2) is 7.00. The SMILES string of the molecule is NC(=O)CC(CO)C(F)OC(=O)C1CC2(CN1)C(=O)Nc1ccccc12. The molecule has 5 N–H and O–H groups in total. The Kier molecular flexibility index (Phi) is 4.92. The van der Waals surface area contributed by atoms with Crippen molar-refractivity contribution in [3.63, 3.8) is 0 Å². The number of alkyl halides is 1. The zero-order chi connectivity index (χ0) is 18.9. The number of carbonyl (C=O) groups excluding carboxylic acids is 3. The van der Waals surface area contributed by atoms with Crippen LogP contribution in [-0.4, -0.2) is 48.4 Å². The standard InChI is InChI=1S/C17H20FN3O5/c18-14(9(7-22)5-13(19)23)26-15(24)12-6-17(8-20-12)10-3-1-2-4-11(10)21-16(17)25/h1-4,9,12,14,20,22H,5-8H2,(H2,19,23)(H,21,25). The number of aliphatic hydroxyl groups excluding tert-OH is 1. The fraction of sp³-hybridized carbons (Fsp3) is 0.471. The van der Waals surface area contributed by atoms with Gasteiger partial charge in [0.15, 0.2) is 0 Å². The van der Waals surface area contributed by atoms with Crippen LogP contribution in [0, 0.1) is 5.92 Å². The first kappa shape index (κ1) is 18.3. The van der Waals surface area contributed by atoms with E-state index in [2.05, 4.69) is 10.6 Å². The van der Waals surface area contributed by atoms with Gasteiger partial charge in [-0.3, -0.25) is 14.4 Å². The number of hydrogen-bond acceptors (Lipinski definition) is 6. The molecule has 2 heterocycles. The number of halogens is 1. The van der Waals surface area contributed by atoms with Crippen LogP contribution in [-0.2, 0) is 24.5 Å². The number of anilines is 1. The molecule has 2 aliphatic heterocycles. The van der Waals surface area contributed by atoms with Gasteiger partial charge < -0.3 is 26.2 Å². The minimum atomic E-state index is -2.16. The van der Waals surface area contributed by atoms with Crippen LogP contribution in [0.1, 0.15) is 18.4 Å². The van der Waals surface area contributed by atoms with Gasteiger partial charge in [-0.2, -0.15) is 0 Å². The largest absolute Gasteiger partial charge is 0.430 e. The molecule has 1 aromatic rings. The molecule has 1 saturated heterocycles. The Bertz CT molecular complexity index is 743. The minimum Gasteiger partial charge on any atom is -0.430 e. The van der Waals surface area contributed by atoms with Gasteiger partial charge in [0.2, 0.25) is 18.2 Å². The molecule has 0 saturated carbocycles. The first-order valence-corrected chi connectivity index (χ1v) is 8.25. The molecule has 4 unspecified atom stereocenters. The topological polar surface area (TPSA) is 131 Å². The van der Waals surface area contributed by atoms with E-state index in [9.17, 15) is 18.8 Å². The number of carbonyl (C=O) groups is 3. The van der Waals surface area contributed by atoms with E-state index >= 15 is 0 Å². The van der Waals surface area contributed by atoms with Crippen molar-refractivity contribution in [1.29, 1.82) is 0 Å². The summed E-state index contributed by atoms with van der Waals surface area (Å²) in [5, 5.41) is 14.8. The number of primary amides is 1. The molecular formula is C17H20FN3O5. The quantitative estimate of drug-likeness (QED) is 0.506. The van der Waals surface area contributed by atoms with Gasteiger partial charge in [-0.15, -0.1) is 0 Å². The Balaban J connectivity index is 1.68. The molecule has 0 aliphatic carbocycles. The summed E-state index contributed by atoms with van der Waals surface area (Å²) in [6.07, 6.45) is -2.48. The number of nitrogens with two attached hydrogens (primary N) is 1. The number of nitrogens with one attached hydrogen (secondary N) is 2. The molecule has 9 heteroatoms. The second-order valence-corrected chi connectivity index (χ2v) is 6.62. The number of rotatable bonds is 6. The fourth-order valence-corrected chi connectivity index (χ4v) is 3.50. The second-order valence-electron chi connectivity index (χ2n) is 6.62. The highest BCUT2D eigenvalue weighted by atomic mass is 19.1. The summed E-state index contributed by atoms with van der Waals surface area (Å²) < 4.78 is 18.8. The van der Waals surface area contributed by atoms with Crippen LogP contribution in [0.3, 0.4) is 0 Å². The van der Waals surface area contributed by atoms with E-state index in [1.54, 1.807) is 18.2 Å². The molecule has 0 radical (unpaired) electrons. The van der Waals surface area contributed by atoms with Crippen molar-refractivity contribution >= 4 is 23.5 Å². The van der Waals surface area contributed by atoms with Crippen LogP contribution >= 0.6 is 0 Å². The zero-order valence-electron chi connectivity index (χ0n) is 13.9. The molecule has 2 aliphatic rings. The van der Waals surface area contributed by atoms with E-state index in [-0.39, 0.29) is 18.9 Å². The van der Waals surface area contributed by atoms with Crippen molar-refractivity contribution in [2.45, 2.75) is 30.7 Å². The van der Waals surface area contributed by atoms with Gasteiger partial charge in [-0.1, -0.05) is 18.2 Å². The molecule has 26 heavy (non-hydrogen) atoms. The number of esters is 1. The number of ether oxygens (including phenoxy) is 1. The van der Waals surface area contributed by atoms with Gasteiger partial charge in [0.05, 0.1) is 17.9 Å². The highest BCUT2D eigenvalue weighted by Gasteiger charge is 2.53.